The van der Waals surface area contributed by atoms with Crippen molar-refractivity contribution in [3.63, 3.8) is 0 Å². The molecule has 1 heterocycles. The minimum absolute atomic E-state index is 0.130. The molecule has 6 heteroatoms. The van der Waals surface area contributed by atoms with Gasteiger partial charge in [-0.3, -0.25) is 4.79 Å². The number of rotatable bonds is 5. The van der Waals surface area contributed by atoms with Crippen LogP contribution in [0.15, 0.2) is 42.5 Å². The van der Waals surface area contributed by atoms with Gasteiger partial charge in [0.25, 0.3) is 5.91 Å². The zero-order valence-electron chi connectivity index (χ0n) is 16.0. The fraction of sp³-hybridized carbons (Fsp3) is 0.286. The molecule has 0 bridgehead atoms. The highest BCUT2D eigenvalue weighted by Gasteiger charge is 2.17. The number of likely N-dealkylation sites (N-methyl/N-ethyl adjacent to an activating group) is 1. The van der Waals surface area contributed by atoms with Crippen molar-refractivity contribution in [2.24, 2.45) is 0 Å². The first kappa shape index (κ1) is 18.9. The van der Waals surface area contributed by atoms with Crippen molar-refractivity contribution in [2.75, 3.05) is 20.6 Å². The molecule has 0 radical (unpaired) electrons. The molecule has 5 nitrogen and oxygen atoms in total. The lowest BCUT2D eigenvalue weighted by atomic mass is 10.1. The number of carbonyl (C=O) groups is 1. The Morgan fingerprint density at radius 1 is 1.07 bits per heavy atom. The maximum Gasteiger partial charge on any atom is 0.251 e. The monoisotopic (exact) mass is 366 g/mol. The molecule has 1 unspecified atom stereocenters. The van der Waals surface area contributed by atoms with Crippen LogP contribution in [0, 0.1) is 19.7 Å². The predicted octanol–water partition coefficient (Wildman–Crippen LogP) is 3.42. The molecule has 0 fully saturated rings. The van der Waals surface area contributed by atoms with Gasteiger partial charge in [-0.05, 0) is 63.8 Å². The van der Waals surface area contributed by atoms with Crippen LogP contribution in [0.2, 0.25) is 0 Å². The van der Waals surface area contributed by atoms with E-state index < -0.39 is 0 Å². The molecule has 0 saturated carbocycles. The van der Waals surface area contributed by atoms with Gasteiger partial charge >= 0.3 is 0 Å². The highest BCUT2D eigenvalue weighted by atomic mass is 19.1. The number of aromatic nitrogens is 2. The summed E-state index contributed by atoms with van der Waals surface area (Å²) >= 11 is 0. The van der Waals surface area contributed by atoms with Crippen LogP contribution in [0.5, 0.6) is 0 Å². The van der Waals surface area contributed by atoms with Crippen LogP contribution in [0.1, 0.15) is 33.4 Å². The van der Waals surface area contributed by atoms with E-state index in [-0.39, 0.29) is 17.8 Å². The van der Waals surface area contributed by atoms with Gasteiger partial charge in [0.05, 0.1) is 28.5 Å². The molecule has 1 N–H and O–H groups in total. The first-order valence-electron chi connectivity index (χ1n) is 8.80. The van der Waals surface area contributed by atoms with E-state index in [1.165, 1.54) is 12.1 Å². The summed E-state index contributed by atoms with van der Waals surface area (Å²) in [6, 6.07) is 11.6. The van der Waals surface area contributed by atoms with Crippen molar-refractivity contribution in [3.05, 3.63) is 70.8 Å². The minimum atomic E-state index is -0.288. The summed E-state index contributed by atoms with van der Waals surface area (Å²) in [5.74, 6) is -0.482. The molecule has 2 aromatic carbocycles. The van der Waals surface area contributed by atoms with Crippen LogP contribution in [0.25, 0.3) is 11.0 Å². The quantitative estimate of drug-likeness (QED) is 0.752. The number of carbonyl (C=O) groups excluding carboxylic acids is 1. The molecule has 0 spiro atoms. The number of fused-ring (bicyclic) bond motifs is 1. The first-order chi connectivity index (χ1) is 12.8. The maximum absolute atomic E-state index is 13.5. The summed E-state index contributed by atoms with van der Waals surface area (Å²) < 4.78 is 13.5. The van der Waals surface area contributed by atoms with Crippen molar-refractivity contribution in [1.82, 2.24) is 20.2 Å². The number of aryl methyl sites for hydroxylation is 2. The van der Waals surface area contributed by atoms with Gasteiger partial charge in [-0.1, -0.05) is 12.1 Å². The van der Waals surface area contributed by atoms with Crippen molar-refractivity contribution in [2.45, 2.75) is 19.9 Å². The molecular weight excluding hydrogens is 343 g/mol. The average Bonchev–Trinajstić information content (AvgIpc) is 2.62. The minimum Gasteiger partial charge on any atom is -0.350 e. The van der Waals surface area contributed by atoms with E-state index in [1.807, 2.05) is 38.9 Å². The Hall–Kier alpha value is -2.86. The van der Waals surface area contributed by atoms with Gasteiger partial charge < -0.3 is 10.2 Å². The maximum atomic E-state index is 13.5. The van der Waals surface area contributed by atoms with Crippen molar-refractivity contribution in [3.8, 4) is 0 Å². The van der Waals surface area contributed by atoms with Gasteiger partial charge in [-0.25, -0.2) is 14.4 Å². The van der Waals surface area contributed by atoms with Crippen LogP contribution in [-0.4, -0.2) is 41.4 Å². The standard InChI is InChI=1S/C21H23FN4O/c1-13-14(2)25-19-11-16(8-9-18(19)24-13)21(27)23-12-20(26(3)4)15-6-5-7-17(22)10-15/h5-11,20H,12H2,1-4H3,(H,23,27). The Labute approximate surface area is 158 Å². The van der Waals surface area contributed by atoms with Gasteiger partial charge in [-0.2, -0.15) is 0 Å². The first-order valence-corrected chi connectivity index (χ1v) is 8.80. The van der Waals surface area contributed by atoms with E-state index in [0.717, 1.165) is 22.5 Å². The van der Waals surface area contributed by atoms with Crippen molar-refractivity contribution >= 4 is 16.9 Å². The van der Waals surface area contributed by atoms with Gasteiger partial charge in [0.1, 0.15) is 5.82 Å². The molecule has 0 aliphatic rings. The predicted molar refractivity (Wildman–Crippen MR) is 104 cm³/mol. The second-order valence-corrected chi connectivity index (χ2v) is 6.84. The van der Waals surface area contributed by atoms with E-state index in [4.69, 9.17) is 0 Å². The van der Waals surface area contributed by atoms with E-state index in [0.29, 0.717) is 17.6 Å². The Morgan fingerprint density at radius 2 is 1.78 bits per heavy atom. The van der Waals surface area contributed by atoms with Crippen LogP contribution < -0.4 is 5.32 Å². The van der Waals surface area contributed by atoms with Crippen LogP contribution in [0.4, 0.5) is 4.39 Å². The molecule has 3 rings (SSSR count). The molecule has 0 aliphatic heterocycles. The summed E-state index contributed by atoms with van der Waals surface area (Å²) in [5, 5.41) is 2.94. The molecule has 3 aromatic rings. The molecular formula is C21H23FN4O. The molecule has 27 heavy (non-hydrogen) atoms. The Balaban J connectivity index is 1.77. The SMILES string of the molecule is Cc1nc2ccc(C(=O)NCC(c3cccc(F)c3)N(C)C)cc2nc1C. The summed E-state index contributed by atoms with van der Waals surface area (Å²) in [7, 11) is 3.80. The van der Waals surface area contributed by atoms with Gasteiger partial charge in [0.15, 0.2) is 0 Å². The summed E-state index contributed by atoms with van der Waals surface area (Å²) in [6.07, 6.45) is 0. The fourth-order valence-corrected chi connectivity index (χ4v) is 2.98. The van der Waals surface area contributed by atoms with Gasteiger partial charge in [-0.15, -0.1) is 0 Å². The smallest absolute Gasteiger partial charge is 0.251 e. The third-order valence-corrected chi connectivity index (χ3v) is 4.65. The second kappa shape index (κ2) is 7.80. The zero-order chi connectivity index (χ0) is 19.6. The lowest BCUT2D eigenvalue weighted by molar-refractivity contribution is 0.0942. The second-order valence-electron chi connectivity index (χ2n) is 6.84. The van der Waals surface area contributed by atoms with Gasteiger partial charge in [0.2, 0.25) is 0 Å². The number of benzene rings is 2. The molecule has 1 atom stereocenters. The lowest BCUT2D eigenvalue weighted by Gasteiger charge is -2.25. The van der Waals surface area contributed by atoms with E-state index >= 15 is 0 Å². The number of nitrogens with zero attached hydrogens (tertiary/aromatic N) is 3. The molecule has 140 valence electrons. The lowest BCUT2D eigenvalue weighted by Crippen LogP contribution is -2.34. The summed E-state index contributed by atoms with van der Waals surface area (Å²) in [6.45, 7) is 4.18. The molecule has 0 aliphatic carbocycles. The van der Waals surface area contributed by atoms with Gasteiger partial charge in [0, 0.05) is 12.1 Å². The highest BCUT2D eigenvalue weighted by molar-refractivity contribution is 5.97. The Morgan fingerprint density at radius 3 is 2.44 bits per heavy atom. The average molecular weight is 366 g/mol. The number of halogens is 1. The number of hydrogen-bond donors (Lipinski definition) is 1. The largest absolute Gasteiger partial charge is 0.350 e. The normalized spacial score (nSPS) is 12.4. The topological polar surface area (TPSA) is 58.1 Å². The van der Waals surface area contributed by atoms with E-state index in [1.54, 1.807) is 24.3 Å². The van der Waals surface area contributed by atoms with Crippen molar-refractivity contribution < 1.29 is 9.18 Å². The number of amides is 1. The van der Waals surface area contributed by atoms with Crippen LogP contribution >= 0.6 is 0 Å². The fourth-order valence-electron chi connectivity index (χ4n) is 2.98. The third kappa shape index (κ3) is 4.28. The number of hydrogen-bond acceptors (Lipinski definition) is 4. The highest BCUT2D eigenvalue weighted by Crippen LogP contribution is 2.19. The molecule has 1 amide bonds. The Bertz CT molecular complexity index is 987. The third-order valence-electron chi connectivity index (χ3n) is 4.65. The summed E-state index contributed by atoms with van der Waals surface area (Å²) in [4.78, 5) is 23.6. The van der Waals surface area contributed by atoms with E-state index in [2.05, 4.69) is 15.3 Å². The molecule has 0 saturated heterocycles. The zero-order valence-corrected chi connectivity index (χ0v) is 16.0. The van der Waals surface area contributed by atoms with Crippen LogP contribution in [-0.2, 0) is 0 Å². The Kier molecular flexibility index (Phi) is 5.46. The number of nitrogens with one attached hydrogen (secondary N) is 1. The van der Waals surface area contributed by atoms with Crippen LogP contribution in [0.3, 0.4) is 0 Å². The summed E-state index contributed by atoms with van der Waals surface area (Å²) in [5.41, 5.74) is 4.52. The molecule has 1 aromatic heterocycles. The van der Waals surface area contributed by atoms with E-state index in [9.17, 15) is 9.18 Å². The van der Waals surface area contributed by atoms with Crippen molar-refractivity contribution in [1.29, 1.82) is 0 Å².